The standard InChI is InChI=1S/C18H23N5O4S/c1-12(24)19-20-16(25)11-28-18-22-21-17(13-5-7-14(26-2)8-6-13)23(18)10-15-4-3-9-27-15/h5-8,15H,3-4,9-11H2,1-2H3,(H,19,24)(H,20,25)/t15-/m0/s1. The predicted octanol–water partition coefficient (Wildman–Crippen LogP) is 1.39. The summed E-state index contributed by atoms with van der Waals surface area (Å²) in [6.07, 6.45) is 2.11. The van der Waals surface area contributed by atoms with Crippen molar-refractivity contribution in [2.24, 2.45) is 0 Å². The van der Waals surface area contributed by atoms with E-state index in [1.165, 1.54) is 18.7 Å². The maximum Gasteiger partial charge on any atom is 0.248 e. The lowest BCUT2D eigenvalue weighted by molar-refractivity contribution is -0.126. The van der Waals surface area contributed by atoms with Gasteiger partial charge in [-0.1, -0.05) is 11.8 Å². The number of thioether (sulfide) groups is 1. The molecular weight excluding hydrogens is 382 g/mol. The molecule has 150 valence electrons. The third kappa shape index (κ3) is 5.23. The third-order valence-electron chi connectivity index (χ3n) is 4.19. The summed E-state index contributed by atoms with van der Waals surface area (Å²) in [6, 6.07) is 7.59. The minimum atomic E-state index is -0.332. The summed E-state index contributed by atoms with van der Waals surface area (Å²) in [7, 11) is 1.62. The van der Waals surface area contributed by atoms with Crippen LogP contribution in [0.3, 0.4) is 0 Å². The number of hydrogen-bond donors (Lipinski definition) is 2. The van der Waals surface area contributed by atoms with Gasteiger partial charge in [-0.2, -0.15) is 0 Å². The number of methoxy groups -OCH3 is 1. The Bertz CT molecular complexity index is 818. The lowest BCUT2D eigenvalue weighted by Gasteiger charge is -2.15. The van der Waals surface area contributed by atoms with Crippen LogP contribution in [0, 0.1) is 0 Å². The second-order valence-corrected chi connectivity index (χ2v) is 7.24. The molecule has 1 aliphatic rings. The van der Waals surface area contributed by atoms with Crippen molar-refractivity contribution < 1.29 is 19.1 Å². The van der Waals surface area contributed by atoms with Gasteiger partial charge in [-0.3, -0.25) is 25.0 Å². The Morgan fingerprint density at radius 2 is 2.07 bits per heavy atom. The molecule has 0 radical (unpaired) electrons. The highest BCUT2D eigenvalue weighted by atomic mass is 32.2. The fourth-order valence-electron chi connectivity index (χ4n) is 2.83. The molecule has 1 aliphatic heterocycles. The number of ether oxygens (including phenoxy) is 2. The topological polar surface area (TPSA) is 107 Å². The van der Waals surface area contributed by atoms with Gasteiger partial charge in [-0.05, 0) is 37.1 Å². The van der Waals surface area contributed by atoms with Crippen molar-refractivity contribution in [3.8, 4) is 17.1 Å². The number of rotatable bonds is 7. The molecule has 0 aliphatic carbocycles. The third-order valence-corrected chi connectivity index (χ3v) is 5.15. The van der Waals surface area contributed by atoms with E-state index in [1.54, 1.807) is 7.11 Å². The summed E-state index contributed by atoms with van der Waals surface area (Å²) < 4.78 is 13.0. The van der Waals surface area contributed by atoms with Crippen molar-refractivity contribution >= 4 is 23.6 Å². The number of nitrogens with zero attached hydrogens (tertiary/aromatic N) is 3. The van der Waals surface area contributed by atoms with Crippen LogP contribution >= 0.6 is 11.8 Å². The smallest absolute Gasteiger partial charge is 0.248 e. The second-order valence-electron chi connectivity index (χ2n) is 6.30. The van der Waals surface area contributed by atoms with E-state index in [2.05, 4.69) is 21.0 Å². The van der Waals surface area contributed by atoms with Gasteiger partial charge < -0.3 is 9.47 Å². The minimum absolute atomic E-state index is 0.0977. The number of hydrogen-bond acceptors (Lipinski definition) is 7. The quantitative estimate of drug-likeness (QED) is 0.529. The van der Waals surface area contributed by atoms with Crippen LogP contribution < -0.4 is 15.6 Å². The summed E-state index contributed by atoms with van der Waals surface area (Å²) in [4.78, 5) is 22.8. The van der Waals surface area contributed by atoms with Crippen LogP contribution in [0.25, 0.3) is 11.4 Å². The zero-order chi connectivity index (χ0) is 19.9. The predicted molar refractivity (Wildman–Crippen MR) is 104 cm³/mol. The molecule has 28 heavy (non-hydrogen) atoms. The van der Waals surface area contributed by atoms with Crippen molar-refractivity contribution in [2.75, 3.05) is 19.5 Å². The monoisotopic (exact) mass is 405 g/mol. The average molecular weight is 405 g/mol. The first kappa shape index (κ1) is 20.2. The maximum atomic E-state index is 11.9. The van der Waals surface area contributed by atoms with E-state index in [4.69, 9.17) is 9.47 Å². The Labute approximate surface area is 167 Å². The van der Waals surface area contributed by atoms with E-state index in [0.717, 1.165) is 30.8 Å². The lowest BCUT2D eigenvalue weighted by atomic mass is 10.2. The van der Waals surface area contributed by atoms with E-state index in [0.29, 0.717) is 17.5 Å². The summed E-state index contributed by atoms with van der Waals surface area (Å²) in [5.74, 6) is 0.924. The molecular formula is C18H23N5O4S. The Kier molecular flexibility index (Phi) is 6.88. The summed E-state index contributed by atoms with van der Waals surface area (Å²) in [6.45, 7) is 2.70. The van der Waals surface area contributed by atoms with Gasteiger partial charge >= 0.3 is 0 Å². The van der Waals surface area contributed by atoms with Crippen LogP contribution in [0.1, 0.15) is 19.8 Å². The number of benzene rings is 1. The van der Waals surface area contributed by atoms with E-state index in [1.807, 2.05) is 28.8 Å². The lowest BCUT2D eigenvalue weighted by Crippen LogP contribution is -2.41. The van der Waals surface area contributed by atoms with Gasteiger partial charge in [0.1, 0.15) is 5.75 Å². The Balaban J connectivity index is 1.77. The largest absolute Gasteiger partial charge is 0.497 e. The van der Waals surface area contributed by atoms with E-state index < -0.39 is 0 Å². The molecule has 9 nitrogen and oxygen atoms in total. The molecule has 0 unspecified atom stereocenters. The molecule has 2 aromatic rings. The summed E-state index contributed by atoms with van der Waals surface area (Å²) in [5.41, 5.74) is 5.51. The van der Waals surface area contributed by atoms with Crippen LogP contribution in [-0.2, 0) is 20.9 Å². The molecule has 1 saturated heterocycles. The van der Waals surface area contributed by atoms with E-state index in [-0.39, 0.29) is 23.7 Å². The molecule has 0 spiro atoms. The molecule has 1 atom stereocenters. The average Bonchev–Trinajstić information content (AvgIpc) is 3.35. The zero-order valence-corrected chi connectivity index (χ0v) is 16.6. The minimum Gasteiger partial charge on any atom is -0.497 e. The Hall–Kier alpha value is -2.59. The molecule has 10 heteroatoms. The molecule has 2 N–H and O–H groups in total. The van der Waals surface area contributed by atoms with Crippen LogP contribution in [-0.4, -0.2) is 52.2 Å². The maximum absolute atomic E-state index is 11.9. The number of aromatic nitrogens is 3. The number of hydrazine groups is 1. The Morgan fingerprint density at radius 3 is 2.71 bits per heavy atom. The highest BCUT2D eigenvalue weighted by Gasteiger charge is 2.22. The number of carbonyl (C=O) groups is 2. The van der Waals surface area contributed by atoms with Crippen molar-refractivity contribution in [3.05, 3.63) is 24.3 Å². The zero-order valence-electron chi connectivity index (χ0n) is 15.8. The van der Waals surface area contributed by atoms with Crippen LogP contribution in [0.4, 0.5) is 0 Å². The first-order valence-corrected chi connectivity index (χ1v) is 9.93. The second kappa shape index (κ2) is 9.56. The van der Waals surface area contributed by atoms with Gasteiger partial charge in [-0.25, -0.2) is 0 Å². The number of carbonyl (C=O) groups excluding carboxylic acids is 2. The van der Waals surface area contributed by atoms with Crippen molar-refractivity contribution in [3.63, 3.8) is 0 Å². The molecule has 0 saturated carbocycles. The highest BCUT2D eigenvalue weighted by Crippen LogP contribution is 2.27. The molecule has 0 bridgehead atoms. The van der Waals surface area contributed by atoms with E-state index >= 15 is 0 Å². The molecule has 1 aromatic carbocycles. The van der Waals surface area contributed by atoms with Crippen LogP contribution in [0.15, 0.2) is 29.4 Å². The molecule has 2 heterocycles. The van der Waals surface area contributed by atoms with Crippen molar-refractivity contribution in [1.82, 2.24) is 25.6 Å². The first-order valence-electron chi connectivity index (χ1n) is 8.94. The van der Waals surface area contributed by atoms with Crippen molar-refractivity contribution in [2.45, 2.75) is 37.6 Å². The first-order chi connectivity index (χ1) is 13.6. The van der Waals surface area contributed by atoms with E-state index in [9.17, 15) is 9.59 Å². The summed E-state index contributed by atoms with van der Waals surface area (Å²) in [5, 5.41) is 9.22. The fourth-order valence-corrected chi connectivity index (χ4v) is 3.58. The molecule has 1 aromatic heterocycles. The van der Waals surface area contributed by atoms with Gasteiger partial charge in [0.2, 0.25) is 11.8 Å². The molecule has 1 fully saturated rings. The molecule has 2 amide bonds. The Morgan fingerprint density at radius 1 is 1.29 bits per heavy atom. The molecule has 3 rings (SSSR count). The number of amides is 2. The SMILES string of the molecule is COc1ccc(-c2nnc(SCC(=O)NNC(C)=O)n2C[C@@H]2CCCO2)cc1. The fraction of sp³-hybridized carbons (Fsp3) is 0.444. The van der Waals surface area contributed by atoms with Crippen LogP contribution in [0.5, 0.6) is 5.75 Å². The van der Waals surface area contributed by atoms with Gasteiger partial charge in [-0.15, -0.1) is 10.2 Å². The van der Waals surface area contributed by atoms with Crippen LogP contribution in [0.2, 0.25) is 0 Å². The van der Waals surface area contributed by atoms with Gasteiger partial charge in [0, 0.05) is 19.1 Å². The highest BCUT2D eigenvalue weighted by molar-refractivity contribution is 7.99. The van der Waals surface area contributed by atoms with Gasteiger partial charge in [0.05, 0.1) is 25.5 Å². The van der Waals surface area contributed by atoms with Gasteiger partial charge in [0.25, 0.3) is 0 Å². The number of nitrogens with one attached hydrogen (secondary N) is 2. The van der Waals surface area contributed by atoms with Crippen molar-refractivity contribution in [1.29, 1.82) is 0 Å². The summed E-state index contributed by atoms with van der Waals surface area (Å²) >= 11 is 1.26. The van der Waals surface area contributed by atoms with Gasteiger partial charge in [0.15, 0.2) is 11.0 Å². The normalized spacial score (nSPS) is 16.0.